The summed E-state index contributed by atoms with van der Waals surface area (Å²) < 4.78 is 18.9. The van der Waals surface area contributed by atoms with Gasteiger partial charge in [0.2, 0.25) is 0 Å². The minimum Gasteiger partial charge on any atom is -0.310 e. The molecule has 4 aliphatic carbocycles. The van der Waals surface area contributed by atoms with Gasteiger partial charge in [0.1, 0.15) is 6.17 Å². The van der Waals surface area contributed by atoms with Crippen LogP contribution in [-0.4, -0.2) is 0 Å². The summed E-state index contributed by atoms with van der Waals surface area (Å²) in [7, 11) is 0. The fraction of sp³-hybridized carbons (Fsp3) is 0.240. The molecule has 0 saturated heterocycles. The molecule has 6 unspecified atom stereocenters. The molecule has 0 amide bonds. The molecule has 1 aromatic heterocycles. The average Bonchev–Trinajstić information content (AvgIpc) is 3.66. The van der Waals surface area contributed by atoms with Crippen LogP contribution in [0.3, 0.4) is 0 Å². The summed E-state index contributed by atoms with van der Waals surface area (Å²) >= 11 is 1.85. The summed E-state index contributed by atoms with van der Waals surface area (Å²) in [5.74, 6) is 2.88. The molecule has 1 nitrogen and oxygen atoms in total. The topological polar surface area (TPSA) is 3.24 Å². The van der Waals surface area contributed by atoms with Gasteiger partial charge in [-0.05, 0) is 149 Å². The lowest BCUT2D eigenvalue weighted by Gasteiger charge is -2.55. The molecule has 6 aromatic carbocycles. The van der Waals surface area contributed by atoms with E-state index < -0.39 is 6.17 Å². The van der Waals surface area contributed by atoms with Crippen LogP contribution in [0.15, 0.2) is 152 Å². The van der Waals surface area contributed by atoms with Crippen molar-refractivity contribution in [2.75, 3.05) is 4.90 Å². The quantitative estimate of drug-likeness (QED) is 0.176. The maximum atomic E-state index is 16.3. The summed E-state index contributed by atoms with van der Waals surface area (Å²) in [5, 5.41) is 5.06. The molecule has 1 heterocycles. The highest BCUT2D eigenvalue weighted by atomic mass is 32.1. The van der Waals surface area contributed by atoms with Gasteiger partial charge in [-0.1, -0.05) is 103 Å². The zero-order chi connectivity index (χ0) is 35.1. The molecule has 3 saturated carbocycles. The lowest BCUT2D eigenvalue weighted by molar-refractivity contribution is -0.0464. The predicted octanol–water partition coefficient (Wildman–Crippen LogP) is 14.6. The van der Waals surface area contributed by atoms with Crippen molar-refractivity contribution >= 4 is 64.9 Å². The van der Waals surface area contributed by atoms with Gasteiger partial charge in [-0.15, -0.1) is 11.3 Å². The Hall–Kier alpha value is -4.99. The molecule has 53 heavy (non-hydrogen) atoms. The molecule has 4 aliphatic rings. The van der Waals surface area contributed by atoms with E-state index in [1.54, 1.807) is 6.08 Å². The highest BCUT2D eigenvalue weighted by molar-refractivity contribution is 7.25. The number of nitrogens with zero attached hydrogens (tertiary/aromatic N) is 1. The monoisotopic (exact) mass is 707 g/mol. The molecule has 11 rings (SSSR count). The van der Waals surface area contributed by atoms with Crippen LogP contribution >= 0.6 is 11.3 Å². The zero-order valence-electron chi connectivity index (χ0n) is 29.8. The van der Waals surface area contributed by atoms with Crippen molar-refractivity contribution < 1.29 is 4.39 Å². The van der Waals surface area contributed by atoms with Gasteiger partial charge in [-0.2, -0.15) is 0 Å². The molecular weight excluding hydrogens is 666 g/mol. The van der Waals surface area contributed by atoms with Crippen molar-refractivity contribution in [3.8, 4) is 0 Å². The van der Waals surface area contributed by atoms with Gasteiger partial charge in [0.05, 0.1) is 0 Å². The number of fused-ring (bicyclic) bond motifs is 8. The molecule has 3 fully saturated rings. The maximum Gasteiger partial charge on any atom is 0.144 e. The smallest absolute Gasteiger partial charge is 0.144 e. The summed E-state index contributed by atoms with van der Waals surface area (Å²) in [5.41, 5.74) is 8.20. The van der Waals surface area contributed by atoms with Crippen LogP contribution in [0.1, 0.15) is 67.3 Å². The van der Waals surface area contributed by atoms with Crippen LogP contribution in [-0.2, 0) is 0 Å². The van der Waals surface area contributed by atoms with Crippen LogP contribution < -0.4 is 4.90 Å². The summed E-state index contributed by atoms with van der Waals surface area (Å²) in [6, 6.07) is 48.3. The highest BCUT2D eigenvalue weighted by Gasteiger charge is 2.62. The molecular formula is C50H42FNS. The normalized spacial score (nSPS) is 27.6. The van der Waals surface area contributed by atoms with Gasteiger partial charge in [-0.25, -0.2) is 4.39 Å². The van der Waals surface area contributed by atoms with Crippen molar-refractivity contribution in [1.29, 1.82) is 0 Å². The second kappa shape index (κ2) is 12.3. The number of benzene rings is 6. The number of alkyl halides is 1. The van der Waals surface area contributed by atoms with E-state index in [0.29, 0.717) is 11.3 Å². The van der Waals surface area contributed by atoms with Crippen LogP contribution in [0.2, 0.25) is 0 Å². The van der Waals surface area contributed by atoms with Gasteiger partial charge in [0.25, 0.3) is 0 Å². The molecule has 260 valence electrons. The largest absolute Gasteiger partial charge is 0.310 e. The molecule has 7 aromatic rings. The Kier molecular flexibility index (Phi) is 7.31. The first-order chi connectivity index (χ1) is 26.1. The van der Waals surface area contributed by atoms with Gasteiger partial charge < -0.3 is 4.90 Å². The number of halogens is 1. The molecule has 0 aliphatic heterocycles. The van der Waals surface area contributed by atoms with E-state index in [1.165, 1.54) is 68.6 Å². The molecule has 3 heteroatoms. The molecule has 3 bridgehead atoms. The van der Waals surface area contributed by atoms with Crippen molar-refractivity contribution in [1.82, 2.24) is 0 Å². The first kappa shape index (κ1) is 31.5. The Morgan fingerprint density at radius 2 is 1.34 bits per heavy atom. The fourth-order valence-electron chi connectivity index (χ4n) is 11.2. The summed E-state index contributed by atoms with van der Waals surface area (Å²) in [6.07, 6.45) is 12.9. The number of anilines is 3. The number of hydrogen-bond donors (Lipinski definition) is 0. The van der Waals surface area contributed by atoms with E-state index in [4.69, 9.17) is 0 Å². The van der Waals surface area contributed by atoms with Crippen LogP contribution in [0.5, 0.6) is 0 Å². The minimum absolute atomic E-state index is 0.441. The van der Waals surface area contributed by atoms with E-state index in [2.05, 4.69) is 138 Å². The predicted molar refractivity (Wildman–Crippen MR) is 222 cm³/mol. The third kappa shape index (κ3) is 5.15. The van der Waals surface area contributed by atoms with Gasteiger partial charge in [-0.3, -0.25) is 0 Å². The molecule has 1 spiro atoms. The lowest BCUT2D eigenvalue weighted by atomic mass is 9.49. The molecule has 0 radical (unpaired) electrons. The van der Waals surface area contributed by atoms with Crippen molar-refractivity contribution in [3.63, 3.8) is 0 Å². The van der Waals surface area contributed by atoms with Crippen molar-refractivity contribution in [2.24, 2.45) is 23.2 Å². The second-order valence-corrected chi connectivity index (χ2v) is 17.4. The lowest BCUT2D eigenvalue weighted by Crippen LogP contribution is -2.47. The van der Waals surface area contributed by atoms with E-state index in [1.807, 2.05) is 23.5 Å². The highest BCUT2D eigenvalue weighted by Crippen LogP contribution is 2.71. The fourth-order valence-corrected chi connectivity index (χ4v) is 12.3. The van der Waals surface area contributed by atoms with Crippen LogP contribution in [0.25, 0.3) is 36.5 Å². The van der Waals surface area contributed by atoms with Gasteiger partial charge >= 0.3 is 0 Å². The Bertz CT molecular complexity index is 2590. The number of allylic oxidation sites excluding steroid dienone is 4. The summed E-state index contributed by atoms with van der Waals surface area (Å²) in [6.45, 7) is 0. The van der Waals surface area contributed by atoms with E-state index in [0.717, 1.165) is 57.9 Å². The van der Waals surface area contributed by atoms with Crippen molar-refractivity contribution in [3.05, 3.63) is 168 Å². The first-order valence-electron chi connectivity index (χ1n) is 19.5. The van der Waals surface area contributed by atoms with E-state index in [-0.39, 0.29) is 0 Å². The summed E-state index contributed by atoms with van der Waals surface area (Å²) in [4.78, 5) is 2.38. The van der Waals surface area contributed by atoms with Crippen LogP contribution in [0.4, 0.5) is 21.5 Å². The minimum atomic E-state index is -1.12. The number of hydrogen-bond acceptors (Lipinski definition) is 2. The van der Waals surface area contributed by atoms with Crippen LogP contribution in [0, 0.1) is 23.2 Å². The standard InChI is InChI=1S/C50H42FNS/c51-47-24-17-34(13-18-38-28-39-26-32-25-37(31-50(38,39)30-32)43-9-3-4-10-44(43)47)35-14-19-40(20-15-35)52(41-21-16-33-7-1-2-8-36(33)27-41)42-22-23-46-45-11-5-6-12-48(45)53-49(46)29-42/h1-17,19-24,27,29,32,37-39,47H,18,25-26,28,30-31H2/b24-17-,34-13+. The SMILES string of the molecule is FC1/C=C\C(c2ccc(N(c3ccc4ccccc4c3)c3ccc4c(c3)sc3ccccc34)cc2)=C/CC2CC3CC4CC(CC23C4)c2ccccc21. The molecule has 0 N–H and O–H groups in total. The Labute approximate surface area is 315 Å². The maximum absolute atomic E-state index is 16.3. The van der Waals surface area contributed by atoms with E-state index >= 15 is 4.39 Å². The Morgan fingerprint density at radius 3 is 2.25 bits per heavy atom. The third-order valence-electron chi connectivity index (χ3n) is 13.6. The Balaban J connectivity index is 0.991. The zero-order valence-corrected chi connectivity index (χ0v) is 30.6. The van der Waals surface area contributed by atoms with E-state index in [9.17, 15) is 0 Å². The second-order valence-electron chi connectivity index (χ2n) is 16.3. The third-order valence-corrected chi connectivity index (χ3v) is 14.7. The number of thiophene rings is 1. The molecule has 6 atom stereocenters. The first-order valence-corrected chi connectivity index (χ1v) is 20.3. The number of rotatable bonds is 4. The van der Waals surface area contributed by atoms with Gasteiger partial charge in [0.15, 0.2) is 0 Å². The Morgan fingerprint density at radius 1 is 0.604 bits per heavy atom. The van der Waals surface area contributed by atoms with Crippen molar-refractivity contribution in [2.45, 2.75) is 50.6 Å². The van der Waals surface area contributed by atoms with Gasteiger partial charge in [0, 0.05) is 37.2 Å². The average molecular weight is 708 g/mol.